The number of carbonyl (C=O) groups is 1. The minimum atomic E-state index is -0.525. The van der Waals surface area contributed by atoms with E-state index in [4.69, 9.17) is 20.4 Å². The summed E-state index contributed by atoms with van der Waals surface area (Å²) in [6, 6.07) is 5.53. The standard InChI is InChI=1S/C15H18N4O4S/c1-22-11-4-3-9(7-12(11)23-2)5-6-17-14(20)13(19-21)10-8-24-15(16)18-10/h3-4,7-8,21H,5-6H2,1-2H3,(H2,16,18)(H,17,20). The van der Waals surface area contributed by atoms with Crippen molar-refractivity contribution in [3.63, 3.8) is 0 Å². The molecule has 0 atom stereocenters. The molecule has 0 spiro atoms. The number of nitrogens with one attached hydrogen (secondary N) is 1. The number of methoxy groups -OCH3 is 2. The van der Waals surface area contributed by atoms with Crippen LogP contribution < -0.4 is 20.5 Å². The average molecular weight is 350 g/mol. The Morgan fingerprint density at radius 1 is 1.38 bits per heavy atom. The number of oxime groups is 1. The lowest BCUT2D eigenvalue weighted by molar-refractivity contribution is -0.114. The lowest BCUT2D eigenvalue weighted by atomic mass is 10.1. The number of nitrogens with zero attached hydrogens (tertiary/aromatic N) is 2. The molecule has 1 aromatic heterocycles. The smallest absolute Gasteiger partial charge is 0.275 e. The van der Waals surface area contributed by atoms with Gasteiger partial charge in [-0.05, 0) is 24.1 Å². The first-order chi connectivity index (χ1) is 11.6. The summed E-state index contributed by atoms with van der Waals surface area (Å²) in [5.74, 6) is 0.737. The second kappa shape index (κ2) is 8.16. The van der Waals surface area contributed by atoms with Crippen molar-refractivity contribution in [3.8, 4) is 11.5 Å². The van der Waals surface area contributed by atoms with E-state index in [-0.39, 0.29) is 11.4 Å². The first kappa shape index (κ1) is 17.5. The molecule has 9 heteroatoms. The first-order valence-corrected chi connectivity index (χ1v) is 7.89. The van der Waals surface area contributed by atoms with Gasteiger partial charge in [-0.25, -0.2) is 4.98 Å². The van der Waals surface area contributed by atoms with Gasteiger partial charge in [-0.1, -0.05) is 11.2 Å². The van der Waals surface area contributed by atoms with E-state index in [2.05, 4.69) is 15.5 Å². The molecule has 24 heavy (non-hydrogen) atoms. The van der Waals surface area contributed by atoms with Gasteiger partial charge in [0.25, 0.3) is 5.91 Å². The van der Waals surface area contributed by atoms with Crippen molar-refractivity contribution < 1.29 is 19.5 Å². The van der Waals surface area contributed by atoms with E-state index >= 15 is 0 Å². The van der Waals surface area contributed by atoms with Gasteiger partial charge in [-0.2, -0.15) is 0 Å². The Kier molecular flexibility index (Phi) is 5.96. The number of hydrogen-bond donors (Lipinski definition) is 3. The maximum atomic E-state index is 12.1. The van der Waals surface area contributed by atoms with E-state index in [0.29, 0.717) is 29.6 Å². The van der Waals surface area contributed by atoms with Gasteiger partial charge in [-0.15, -0.1) is 11.3 Å². The number of ether oxygens (including phenoxy) is 2. The molecule has 1 heterocycles. The molecule has 0 aliphatic rings. The van der Waals surface area contributed by atoms with E-state index in [9.17, 15) is 4.79 Å². The third kappa shape index (κ3) is 4.13. The minimum Gasteiger partial charge on any atom is -0.493 e. The van der Waals surface area contributed by atoms with Crippen LogP contribution in [0.2, 0.25) is 0 Å². The van der Waals surface area contributed by atoms with Gasteiger partial charge in [0.1, 0.15) is 5.69 Å². The summed E-state index contributed by atoms with van der Waals surface area (Å²) in [5.41, 5.74) is 6.55. The van der Waals surface area contributed by atoms with E-state index in [1.54, 1.807) is 25.7 Å². The first-order valence-electron chi connectivity index (χ1n) is 7.01. The molecule has 0 radical (unpaired) electrons. The summed E-state index contributed by atoms with van der Waals surface area (Å²) in [7, 11) is 3.13. The third-order valence-corrected chi connectivity index (χ3v) is 3.90. The fraction of sp³-hybridized carbons (Fsp3) is 0.267. The topological polar surface area (TPSA) is 119 Å². The van der Waals surface area contributed by atoms with Crippen molar-refractivity contribution >= 4 is 28.1 Å². The summed E-state index contributed by atoms with van der Waals surface area (Å²) < 4.78 is 10.4. The second-order valence-electron chi connectivity index (χ2n) is 4.71. The number of anilines is 1. The molecule has 128 valence electrons. The van der Waals surface area contributed by atoms with Crippen LogP contribution >= 0.6 is 11.3 Å². The van der Waals surface area contributed by atoms with Crippen molar-refractivity contribution in [2.24, 2.45) is 5.16 Å². The molecule has 0 bridgehead atoms. The van der Waals surface area contributed by atoms with Gasteiger partial charge in [0.15, 0.2) is 22.3 Å². The monoisotopic (exact) mass is 350 g/mol. The van der Waals surface area contributed by atoms with Crippen molar-refractivity contribution in [3.05, 3.63) is 34.8 Å². The van der Waals surface area contributed by atoms with Gasteiger partial charge < -0.3 is 25.7 Å². The van der Waals surface area contributed by atoms with Crippen LogP contribution in [-0.4, -0.2) is 42.6 Å². The van der Waals surface area contributed by atoms with E-state index < -0.39 is 5.91 Å². The molecule has 8 nitrogen and oxygen atoms in total. The van der Waals surface area contributed by atoms with Crippen LogP contribution in [0.3, 0.4) is 0 Å². The van der Waals surface area contributed by atoms with Crippen LogP contribution in [0.1, 0.15) is 11.3 Å². The van der Waals surface area contributed by atoms with Crippen molar-refractivity contribution in [2.45, 2.75) is 6.42 Å². The number of aromatic nitrogens is 1. The molecule has 2 rings (SSSR count). The van der Waals surface area contributed by atoms with Gasteiger partial charge >= 0.3 is 0 Å². The number of carbonyl (C=O) groups excluding carboxylic acids is 1. The molecule has 0 saturated heterocycles. The van der Waals surface area contributed by atoms with Crippen LogP contribution in [0.15, 0.2) is 28.7 Å². The second-order valence-corrected chi connectivity index (χ2v) is 5.60. The maximum Gasteiger partial charge on any atom is 0.275 e. The van der Waals surface area contributed by atoms with E-state index in [1.807, 2.05) is 12.1 Å². The number of amides is 1. The lowest BCUT2D eigenvalue weighted by Crippen LogP contribution is -2.33. The zero-order chi connectivity index (χ0) is 17.5. The fourth-order valence-electron chi connectivity index (χ4n) is 2.05. The molecule has 2 aromatic rings. The molecular formula is C15H18N4O4S. The Balaban J connectivity index is 1.95. The Labute approximate surface area is 142 Å². The molecule has 0 aliphatic heterocycles. The van der Waals surface area contributed by atoms with E-state index in [0.717, 1.165) is 16.9 Å². The summed E-state index contributed by atoms with van der Waals surface area (Å²) in [6.07, 6.45) is 0.573. The number of hydrogen-bond acceptors (Lipinski definition) is 8. The minimum absolute atomic E-state index is 0.171. The number of rotatable bonds is 7. The SMILES string of the molecule is COc1ccc(CCNC(=O)C(=NO)c2csc(N)n2)cc1OC. The molecule has 4 N–H and O–H groups in total. The molecule has 0 saturated carbocycles. The van der Waals surface area contributed by atoms with Crippen LogP contribution in [0.4, 0.5) is 5.13 Å². The Morgan fingerprint density at radius 3 is 2.71 bits per heavy atom. The Bertz CT molecular complexity index is 745. The quantitative estimate of drug-likeness (QED) is 0.393. The predicted octanol–water partition coefficient (Wildman–Crippen LogP) is 1.28. The molecule has 0 unspecified atom stereocenters. The molecule has 0 fully saturated rings. The van der Waals surface area contributed by atoms with Gasteiger partial charge in [0, 0.05) is 11.9 Å². The normalized spacial score (nSPS) is 11.2. The van der Waals surface area contributed by atoms with Gasteiger partial charge in [0.05, 0.1) is 14.2 Å². The van der Waals surface area contributed by atoms with Crippen LogP contribution in [-0.2, 0) is 11.2 Å². The van der Waals surface area contributed by atoms with Gasteiger partial charge in [0.2, 0.25) is 0 Å². The highest BCUT2D eigenvalue weighted by atomic mass is 32.1. The molecular weight excluding hydrogens is 332 g/mol. The highest BCUT2D eigenvalue weighted by molar-refractivity contribution is 7.13. The van der Waals surface area contributed by atoms with Crippen LogP contribution in [0, 0.1) is 0 Å². The number of thiazole rings is 1. The highest BCUT2D eigenvalue weighted by Crippen LogP contribution is 2.27. The lowest BCUT2D eigenvalue weighted by Gasteiger charge is -2.10. The van der Waals surface area contributed by atoms with E-state index in [1.165, 1.54) is 0 Å². The Morgan fingerprint density at radius 2 is 2.12 bits per heavy atom. The molecule has 0 aliphatic carbocycles. The number of nitrogens with two attached hydrogens (primary N) is 1. The summed E-state index contributed by atoms with van der Waals surface area (Å²) in [5, 5.41) is 16.6. The largest absolute Gasteiger partial charge is 0.493 e. The summed E-state index contributed by atoms with van der Waals surface area (Å²) in [4.78, 5) is 16.0. The van der Waals surface area contributed by atoms with Crippen molar-refractivity contribution in [1.82, 2.24) is 10.3 Å². The van der Waals surface area contributed by atoms with Gasteiger partial charge in [-0.3, -0.25) is 4.79 Å². The average Bonchev–Trinajstić information content (AvgIpc) is 3.01. The Hall–Kier alpha value is -2.81. The summed E-state index contributed by atoms with van der Waals surface area (Å²) in [6.45, 7) is 0.354. The zero-order valence-corrected chi connectivity index (χ0v) is 14.1. The van der Waals surface area contributed by atoms with Crippen LogP contribution in [0.25, 0.3) is 0 Å². The van der Waals surface area contributed by atoms with Crippen molar-refractivity contribution in [1.29, 1.82) is 0 Å². The molecule has 1 amide bonds. The molecule has 1 aromatic carbocycles. The fourth-order valence-corrected chi connectivity index (χ4v) is 2.60. The number of benzene rings is 1. The highest BCUT2D eigenvalue weighted by Gasteiger charge is 2.17. The zero-order valence-electron chi connectivity index (χ0n) is 13.3. The van der Waals surface area contributed by atoms with Crippen molar-refractivity contribution in [2.75, 3.05) is 26.5 Å². The third-order valence-electron chi connectivity index (χ3n) is 3.23. The number of nitrogen functional groups attached to an aromatic ring is 1. The summed E-state index contributed by atoms with van der Waals surface area (Å²) >= 11 is 1.16. The predicted molar refractivity (Wildman–Crippen MR) is 91.1 cm³/mol. The maximum absolute atomic E-state index is 12.1. The van der Waals surface area contributed by atoms with Crippen LogP contribution in [0.5, 0.6) is 11.5 Å².